The molecule has 0 radical (unpaired) electrons. The van der Waals surface area contributed by atoms with Crippen molar-refractivity contribution in [1.82, 2.24) is 0 Å². The van der Waals surface area contributed by atoms with Gasteiger partial charge in [-0.3, -0.25) is 0 Å². The van der Waals surface area contributed by atoms with Crippen LogP contribution in [0, 0.1) is 11.3 Å². The van der Waals surface area contributed by atoms with Gasteiger partial charge in [-0.25, -0.2) is 9.59 Å². The van der Waals surface area contributed by atoms with Gasteiger partial charge in [0.15, 0.2) is 5.57 Å². The predicted octanol–water partition coefficient (Wildman–Crippen LogP) is 3.94. The predicted molar refractivity (Wildman–Crippen MR) is 91.0 cm³/mol. The largest absolute Gasteiger partial charge is 0.462 e. The number of benzene rings is 1. The maximum atomic E-state index is 11.9. The van der Waals surface area contributed by atoms with E-state index in [0.717, 1.165) is 6.20 Å². The van der Waals surface area contributed by atoms with Crippen LogP contribution in [0.1, 0.15) is 31.1 Å². The minimum absolute atomic E-state index is 0.0589. The Balaban J connectivity index is 3.11. The molecule has 1 aromatic carbocycles. The molecule has 1 rings (SSSR count). The molecule has 0 amide bonds. The Bertz CT molecular complexity index is 709. The first-order valence-electron chi connectivity index (χ1n) is 7.04. The first kappa shape index (κ1) is 19.8. The molecule has 8 heteroatoms. The van der Waals surface area contributed by atoms with Crippen molar-refractivity contribution in [1.29, 1.82) is 5.26 Å². The fourth-order valence-corrected chi connectivity index (χ4v) is 2.08. The van der Waals surface area contributed by atoms with Gasteiger partial charge in [0.05, 0.1) is 29.0 Å². The lowest BCUT2D eigenvalue weighted by Gasteiger charge is -2.11. The molecule has 0 heterocycles. The number of halogens is 2. The highest BCUT2D eigenvalue weighted by molar-refractivity contribution is 6.38. The van der Waals surface area contributed by atoms with E-state index in [9.17, 15) is 9.59 Å². The summed E-state index contributed by atoms with van der Waals surface area (Å²) in [7, 11) is 0. The lowest BCUT2D eigenvalue weighted by Crippen LogP contribution is -2.14. The maximum absolute atomic E-state index is 11.9. The number of ether oxygens (including phenoxy) is 2. The third-order valence-corrected chi connectivity index (χ3v) is 3.21. The minimum Gasteiger partial charge on any atom is -0.462 e. The monoisotopic (exact) mass is 370 g/mol. The number of rotatable bonds is 6. The molecule has 0 saturated carbocycles. The number of hydrogen-bond donors (Lipinski definition) is 1. The van der Waals surface area contributed by atoms with Crippen molar-refractivity contribution in [3.8, 4) is 6.07 Å². The molecule has 128 valence electrons. The van der Waals surface area contributed by atoms with Crippen LogP contribution in [0.4, 0.5) is 5.69 Å². The highest BCUT2D eigenvalue weighted by Crippen LogP contribution is 2.31. The van der Waals surface area contributed by atoms with E-state index in [1.807, 2.05) is 0 Å². The molecule has 0 fully saturated rings. The standard InChI is InChI=1S/C16H16Cl2N2O4/c1-4-23-16(22)12-5-11(17)6-13(14(12)18)20-8-10(7-19)15(21)24-9(2)3/h5-6,8-9,20H,4H2,1-3H3. The second kappa shape index (κ2) is 9.16. The molecule has 0 unspecified atom stereocenters. The van der Waals surface area contributed by atoms with E-state index < -0.39 is 11.9 Å². The third-order valence-electron chi connectivity index (χ3n) is 2.59. The first-order chi connectivity index (χ1) is 11.3. The van der Waals surface area contributed by atoms with Gasteiger partial charge >= 0.3 is 11.9 Å². The highest BCUT2D eigenvalue weighted by Gasteiger charge is 2.17. The Labute approximate surface area is 149 Å². The van der Waals surface area contributed by atoms with E-state index in [2.05, 4.69) is 5.32 Å². The number of hydrogen-bond acceptors (Lipinski definition) is 6. The summed E-state index contributed by atoms with van der Waals surface area (Å²) in [5, 5.41) is 12.0. The molecule has 0 atom stereocenters. The summed E-state index contributed by atoms with van der Waals surface area (Å²) in [5.41, 5.74) is 0.0694. The summed E-state index contributed by atoms with van der Waals surface area (Å²) in [6.45, 7) is 5.18. The van der Waals surface area contributed by atoms with Crippen LogP contribution < -0.4 is 5.32 Å². The zero-order chi connectivity index (χ0) is 18.3. The van der Waals surface area contributed by atoms with Gasteiger partial charge in [-0.1, -0.05) is 23.2 Å². The summed E-state index contributed by atoms with van der Waals surface area (Å²) in [6.07, 6.45) is 0.774. The minimum atomic E-state index is -0.774. The van der Waals surface area contributed by atoms with Gasteiger partial charge < -0.3 is 14.8 Å². The molecular formula is C16H16Cl2N2O4. The van der Waals surface area contributed by atoms with Gasteiger partial charge in [0.25, 0.3) is 0 Å². The van der Waals surface area contributed by atoms with Gasteiger partial charge in [0, 0.05) is 11.2 Å². The van der Waals surface area contributed by atoms with Crippen LogP contribution in [-0.2, 0) is 14.3 Å². The molecule has 6 nitrogen and oxygen atoms in total. The summed E-state index contributed by atoms with van der Waals surface area (Å²) in [5.74, 6) is -1.40. The molecule has 0 aliphatic heterocycles. The van der Waals surface area contributed by atoms with Crippen molar-refractivity contribution in [2.24, 2.45) is 0 Å². The van der Waals surface area contributed by atoms with E-state index in [0.29, 0.717) is 0 Å². The lowest BCUT2D eigenvalue weighted by atomic mass is 10.2. The molecule has 1 aromatic rings. The topological polar surface area (TPSA) is 88.4 Å². The Morgan fingerprint density at radius 3 is 2.58 bits per heavy atom. The van der Waals surface area contributed by atoms with Crippen LogP contribution in [0.2, 0.25) is 10.0 Å². The lowest BCUT2D eigenvalue weighted by molar-refractivity contribution is -0.142. The molecule has 24 heavy (non-hydrogen) atoms. The van der Waals surface area contributed by atoms with Crippen LogP contribution in [0.3, 0.4) is 0 Å². The molecule has 0 bridgehead atoms. The normalized spacial score (nSPS) is 11.0. The Hall–Kier alpha value is -2.23. The number of nitrogens with zero attached hydrogens (tertiary/aromatic N) is 1. The maximum Gasteiger partial charge on any atom is 0.350 e. The average molecular weight is 371 g/mol. The Morgan fingerprint density at radius 1 is 1.38 bits per heavy atom. The van der Waals surface area contributed by atoms with Crippen molar-refractivity contribution in [2.75, 3.05) is 11.9 Å². The van der Waals surface area contributed by atoms with E-state index in [-0.39, 0.29) is 39.6 Å². The molecule has 0 saturated heterocycles. The van der Waals surface area contributed by atoms with Gasteiger partial charge in [-0.2, -0.15) is 5.26 Å². The smallest absolute Gasteiger partial charge is 0.350 e. The summed E-state index contributed by atoms with van der Waals surface area (Å²) < 4.78 is 9.83. The van der Waals surface area contributed by atoms with Gasteiger partial charge in [0.1, 0.15) is 6.07 Å². The van der Waals surface area contributed by atoms with Crippen molar-refractivity contribution >= 4 is 40.8 Å². The van der Waals surface area contributed by atoms with Crippen molar-refractivity contribution in [2.45, 2.75) is 26.9 Å². The summed E-state index contributed by atoms with van der Waals surface area (Å²) in [6, 6.07) is 4.55. The molecule has 0 aliphatic rings. The molecular weight excluding hydrogens is 355 g/mol. The number of nitrogens with one attached hydrogen (secondary N) is 1. The fraction of sp³-hybridized carbons (Fsp3) is 0.312. The number of carbonyl (C=O) groups excluding carboxylic acids is 2. The molecule has 1 N–H and O–H groups in total. The van der Waals surface area contributed by atoms with Crippen LogP contribution in [-0.4, -0.2) is 24.6 Å². The summed E-state index contributed by atoms with van der Waals surface area (Å²) >= 11 is 12.1. The van der Waals surface area contributed by atoms with E-state index in [1.54, 1.807) is 26.8 Å². The van der Waals surface area contributed by atoms with Crippen LogP contribution in [0.15, 0.2) is 23.9 Å². The Morgan fingerprint density at radius 2 is 2.04 bits per heavy atom. The van der Waals surface area contributed by atoms with Crippen molar-refractivity contribution in [3.05, 3.63) is 39.5 Å². The fourth-order valence-electron chi connectivity index (χ4n) is 1.62. The van der Waals surface area contributed by atoms with Crippen molar-refractivity contribution in [3.63, 3.8) is 0 Å². The average Bonchev–Trinajstić information content (AvgIpc) is 2.50. The number of anilines is 1. The number of nitriles is 1. The van der Waals surface area contributed by atoms with Gasteiger partial charge in [-0.05, 0) is 32.9 Å². The van der Waals surface area contributed by atoms with Gasteiger partial charge in [-0.15, -0.1) is 0 Å². The molecule has 0 aliphatic carbocycles. The third kappa shape index (κ3) is 5.44. The first-order valence-corrected chi connectivity index (χ1v) is 7.79. The second-order valence-corrected chi connectivity index (χ2v) is 5.62. The van der Waals surface area contributed by atoms with Crippen LogP contribution >= 0.6 is 23.2 Å². The zero-order valence-corrected chi connectivity index (χ0v) is 14.9. The quantitative estimate of drug-likeness (QED) is 0.463. The second-order valence-electron chi connectivity index (χ2n) is 4.80. The molecule has 0 aromatic heterocycles. The Kier molecular flexibility index (Phi) is 7.56. The van der Waals surface area contributed by atoms with E-state index in [1.165, 1.54) is 12.1 Å². The van der Waals surface area contributed by atoms with Gasteiger partial charge in [0.2, 0.25) is 0 Å². The SMILES string of the molecule is CCOC(=O)c1cc(Cl)cc(NC=C(C#N)C(=O)OC(C)C)c1Cl. The van der Waals surface area contributed by atoms with Crippen LogP contribution in [0.25, 0.3) is 0 Å². The summed E-state index contributed by atoms with van der Waals surface area (Å²) in [4.78, 5) is 23.6. The molecule has 0 spiro atoms. The van der Waals surface area contributed by atoms with E-state index >= 15 is 0 Å². The van der Waals surface area contributed by atoms with E-state index in [4.69, 9.17) is 37.9 Å². The van der Waals surface area contributed by atoms with Crippen molar-refractivity contribution < 1.29 is 19.1 Å². The zero-order valence-electron chi connectivity index (χ0n) is 13.4. The number of esters is 2. The number of carbonyl (C=O) groups is 2. The highest BCUT2D eigenvalue weighted by atomic mass is 35.5. The van der Waals surface area contributed by atoms with Crippen LogP contribution in [0.5, 0.6) is 0 Å².